The highest BCUT2D eigenvalue weighted by Gasteiger charge is 2.33. The third-order valence-corrected chi connectivity index (χ3v) is 8.71. The standard InChI is InChI=1S/C29H32Cl2FN3O4S/c1-5-20(3)33-29(37)21(4)34(17-22-8-6-7-9-27(22)32)28(36)18-35(25-15-23(30)14-24(31)16-25)40(38,39)26-12-10-19(2)11-13-26/h6-16,20-21H,5,17-18H2,1-4H3,(H,33,37)/t20-,21-/m0/s1. The van der Waals surface area contributed by atoms with Crippen LogP contribution < -0.4 is 9.62 Å². The molecule has 2 atom stereocenters. The molecule has 0 bridgehead atoms. The van der Waals surface area contributed by atoms with Crippen LogP contribution in [0.25, 0.3) is 0 Å². The number of benzene rings is 3. The van der Waals surface area contributed by atoms with E-state index in [1.807, 2.05) is 20.8 Å². The molecule has 0 saturated carbocycles. The maximum absolute atomic E-state index is 14.6. The van der Waals surface area contributed by atoms with E-state index in [9.17, 15) is 22.4 Å². The first-order chi connectivity index (χ1) is 18.8. The Hall–Kier alpha value is -3.14. The average molecular weight is 609 g/mol. The van der Waals surface area contributed by atoms with Crippen molar-refractivity contribution in [2.75, 3.05) is 10.8 Å². The fourth-order valence-electron chi connectivity index (χ4n) is 3.91. The lowest BCUT2D eigenvalue weighted by molar-refractivity contribution is -0.139. The molecule has 0 unspecified atom stereocenters. The third kappa shape index (κ3) is 7.74. The Bertz CT molecular complexity index is 1450. The Balaban J connectivity index is 2.07. The number of hydrogen-bond donors (Lipinski definition) is 1. The number of amides is 2. The predicted octanol–water partition coefficient (Wildman–Crippen LogP) is 5.97. The van der Waals surface area contributed by atoms with Crippen LogP contribution in [0, 0.1) is 12.7 Å². The molecular formula is C29H32Cl2FN3O4S. The van der Waals surface area contributed by atoms with Crippen LogP contribution in [0.5, 0.6) is 0 Å². The van der Waals surface area contributed by atoms with E-state index >= 15 is 0 Å². The molecule has 7 nitrogen and oxygen atoms in total. The quantitative estimate of drug-likeness (QED) is 0.291. The van der Waals surface area contributed by atoms with Gasteiger partial charge in [-0.2, -0.15) is 0 Å². The van der Waals surface area contributed by atoms with Gasteiger partial charge in [0.2, 0.25) is 11.8 Å². The number of aryl methyl sites for hydroxylation is 1. The van der Waals surface area contributed by atoms with Crippen LogP contribution in [-0.2, 0) is 26.2 Å². The molecule has 214 valence electrons. The van der Waals surface area contributed by atoms with E-state index in [2.05, 4.69) is 5.32 Å². The van der Waals surface area contributed by atoms with Crippen LogP contribution in [0.15, 0.2) is 71.6 Å². The molecule has 1 N–H and O–H groups in total. The van der Waals surface area contributed by atoms with E-state index in [0.29, 0.717) is 6.42 Å². The Morgan fingerprint density at radius 3 is 2.15 bits per heavy atom. The molecule has 0 aliphatic heterocycles. The smallest absolute Gasteiger partial charge is 0.264 e. The van der Waals surface area contributed by atoms with Crippen molar-refractivity contribution in [2.45, 2.75) is 57.6 Å². The lowest BCUT2D eigenvalue weighted by Crippen LogP contribution is -2.52. The normalized spacial score (nSPS) is 12.9. The summed E-state index contributed by atoms with van der Waals surface area (Å²) in [5, 5.41) is 3.17. The Morgan fingerprint density at radius 1 is 0.975 bits per heavy atom. The molecule has 3 aromatic rings. The molecule has 0 radical (unpaired) electrons. The minimum absolute atomic E-state index is 0.0507. The van der Waals surface area contributed by atoms with Gasteiger partial charge < -0.3 is 10.2 Å². The minimum Gasteiger partial charge on any atom is -0.352 e. The maximum Gasteiger partial charge on any atom is 0.264 e. The molecule has 40 heavy (non-hydrogen) atoms. The number of halogens is 3. The van der Waals surface area contributed by atoms with E-state index in [4.69, 9.17) is 23.2 Å². The van der Waals surface area contributed by atoms with E-state index in [1.54, 1.807) is 18.2 Å². The van der Waals surface area contributed by atoms with Crippen LogP contribution in [0.4, 0.5) is 10.1 Å². The second-order valence-electron chi connectivity index (χ2n) is 9.56. The van der Waals surface area contributed by atoms with Gasteiger partial charge in [-0.15, -0.1) is 0 Å². The minimum atomic E-state index is -4.29. The Morgan fingerprint density at radius 2 is 1.57 bits per heavy atom. The van der Waals surface area contributed by atoms with E-state index in [-0.39, 0.29) is 38.8 Å². The number of sulfonamides is 1. The Labute approximate surface area is 244 Å². The fourth-order valence-corrected chi connectivity index (χ4v) is 5.82. The van der Waals surface area contributed by atoms with Crippen molar-refractivity contribution < 1.29 is 22.4 Å². The second-order valence-corrected chi connectivity index (χ2v) is 12.3. The predicted molar refractivity (Wildman–Crippen MR) is 156 cm³/mol. The van der Waals surface area contributed by atoms with E-state index in [1.165, 1.54) is 60.4 Å². The molecule has 3 rings (SSSR count). The zero-order chi connectivity index (χ0) is 29.6. The van der Waals surface area contributed by atoms with Crippen molar-refractivity contribution in [2.24, 2.45) is 0 Å². The van der Waals surface area contributed by atoms with Crippen molar-refractivity contribution in [1.29, 1.82) is 0 Å². The van der Waals surface area contributed by atoms with Crippen molar-refractivity contribution in [1.82, 2.24) is 10.2 Å². The lowest BCUT2D eigenvalue weighted by atomic mass is 10.1. The summed E-state index contributed by atoms with van der Waals surface area (Å²) in [5.74, 6) is -1.72. The lowest BCUT2D eigenvalue weighted by Gasteiger charge is -2.32. The van der Waals surface area contributed by atoms with Crippen molar-refractivity contribution in [3.63, 3.8) is 0 Å². The highest BCUT2D eigenvalue weighted by molar-refractivity contribution is 7.92. The van der Waals surface area contributed by atoms with Gasteiger partial charge in [-0.1, -0.05) is 66.0 Å². The van der Waals surface area contributed by atoms with Gasteiger partial charge in [0.05, 0.1) is 10.6 Å². The van der Waals surface area contributed by atoms with Gasteiger partial charge in [-0.3, -0.25) is 13.9 Å². The fraction of sp³-hybridized carbons (Fsp3) is 0.310. The van der Waals surface area contributed by atoms with Gasteiger partial charge in [0.15, 0.2) is 0 Å². The summed E-state index contributed by atoms with van der Waals surface area (Å²) in [6, 6.07) is 15.1. The van der Waals surface area contributed by atoms with Crippen LogP contribution in [-0.4, -0.2) is 43.8 Å². The van der Waals surface area contributed by atoms with Crippen LogP contribution in [0.2, 0.25) is 10.0 Å². The van der Waals surface area contributed by atoms with Gasteiger partial charge in [0.25, 0.3) is 10.0 Å². The number of hydrogen-bond acceptors (Lipinski definition) is 4. The summed E-state index contributed by atoms with van der Waals surface area (Å²) in [7, 11) is -4.29. The SMILES string of the molecule is CC[C@H](C)NC(=O)[C@H](C)N(Cc1ccccc1F)C(=O)CN(c1cc(Cl)cc(Cl)c1)S(=O)(=O)c1ccc(C)cc1. The third-order valence-electron chi connectivity index (χ3n) is 6.49. The van der Waals surface area contributed by atoms with E-state index in [0.717, 1.165) is 9.87 Å². The summed E-state index contributed by atoms with van der Waals surface area (Å²) in [6.07, 6.45) is 0.665. The maximum atomic E-state index is 14.6. The number of nitrogens with one attached hydrogen (secondary N) is 1. The number of anilines is 1. The molecule has 0 spiro atoms. The molecule has 0 aromatic heterocycles. The Kier molecular flexibility index (Phi) is 10.6. The zero-order valence-electron chi connectivity index (χ0n) is 22.7. The number of carbonyl (C=O) groups is 2. The van der Waals surface area contributed by atoms with Gasteiger partial charge in [-0.25, -0.2) is 12.8 Å². The van der Waals surface area contributed by atoms with Crippen molar-refractivity contribution in [3.8, 4) is 0 Å². The van der Waals surface area contributed by atoms with Gasteiger partial charge >= 0.3 is 0 Å². The highest BCUT2D eigenvalue weighted by Crippen LogP contribution is 2.30. The summed E-state index contributed by atoms with van der Waals surface area (Å²) in [5.41, 5.74) is 1.09. The second kappa shape index (κ2) is 13.5. The molecule has 3 aromatic carbocycles. The molecule has 11 heteroatoms. The number of nitrogens with zero attached hydrogens (tertiary/aromatic N) is 2. The average Bonchev–Trinajstić information content (AvgIpc) is 2.90. The van der Waals surface area contributed by atoms with Crippen LogP contribution in [0.1, 0.15) is 38.3 Å². The van der Waals surface area contributed by atoms with E-state index < -0.39 is 40.2 Å². The van der Waals surface area contributed by atoms with Crippen LogP contribution in [0.3, 0.4) is 0 Å². The monoisotopic (exact) mass is 607 g/mol. The molecule has 0 heterocycles. The van der Waals surface area contributed by atoms with Crippen molar-refractivity contribution >= 4 is 50.7 Å². The summed E-state index contributed by atoms with van der Waals surface area (Å²) >= 11 is 12.4. The molecule has 0 saturated heterocycles. The topological polar surface area (TPSA) is 86.8 Å². The summed E-state index contributed by atoms with van der Waals surface area (Å²) in [4.78, 5) is 28.1. The summed E-state index contributed by atoms with van der Waals surface area (Å²) in [6.45, 7) is 6.12. The molecule has 2 amide bonds. The first kappa shape index (κ1) is 31.4. The zero-order valence-corrected chi connectivity index (χ0v) is 25.0. The number of carbonyl (C=O) groups excluding carboxylic acids is 2. The van der Waals surface area contributed by atoms with Gasteiger partial charge in [0, 0.05) is 28.2 Å². The molecule has 0 fully saturated rings. The first-order valence-corrected chi connectivity index (χ1v) is 14.9. The summed E-state index contributed by atoms with van der Waals surface area (Å²) < 4.78 is 43.2. The largest absolute Gasteiger partial charge is 0.352 e. The first-order valence-electron chi connectivity index (χ1n) is 12.7. The van der Waals surface area contributed by atoms with Crippen LogP contribution >= 0.6 is 23.2 Å². The molecule has 0 aliphatic rings. The molecule has 0 aliphatic carbocycles. The highest BCUT2D eigenvalue weighted by atomic mass is 35.5. The van der Waals surface area contributed by atoms with Gasteiger partial charge in [-0.05, 0) is 63.6 Å². The molecular weight excluding hydrogens is 576 g/mol. The van der Waals surface area contributed by atoms with Crippen molar-refractivity contribution in [3.05, 3.63) is 93.7 Å². The number of rotatable bonds is 11. The van der Waals surface area contributed by atoms with Gasteiger partial charge in [0.1, 0.15) is 18.4 Å².